The third kappa shape index (κ3) is 4.71. The van der Waals surface area contributed by atoms with E-state index in [1.165, 1.54) is 12.8 Å². The highest BCUT2D eigenvalue weighted by atomic mass is 16.5. The summed E-state index contributed by atoms with van der Waals surface area (Å²) in [7, 11) is 1.56. The summed E-state index contributed by atoms with van der Waals surface area (Å²) in [6.07, 6.45) is 1.36. The zero-order valence-electron chi connectivity index (χ0n) is 13.4. The van der Waals surface area contributed by atoms with Gasteiger partial charge in [-0.05, 0) is 43.0 Å². The Bertz CT molecular complexity index is 493. The number of ether oxygens (including phenoxy) is 1. The first-order chi connectivity index (χ1) is 10.6. The Hall–Kier alpha value is -1.59. The van der Waals surface area contributed by atoms with Crippen molar-refractivity contribution in [3.8, 4) is 5.75 Å². The van der Waals surface area contributed by atoms with Crippen molar-refractivity contribution in [1.82, 2.24) is 10.2 Å². The first kappa shape index (κ1) is 16.8. The van der Waals surface area contributed by atoms with Gasteiger partial charge >= 0.3 is 0 Å². The molecule has 2 N–H and O–H groups in total. The van der Waals surface area contributed by atoms with Crippen molar-refractivity contribution in [2.75, 3.05) is 33.3 Å². The first-order valence-corrected chi connectivity index (χ1v) is 7.92. The summed E-state index contributed by atoms with van der Waals surface area (Å²) in [5.74, 6) is 0.997. The molecule has 1 aliphatic heterocycles. The Morgan fingerprint density at radius 1 is 1.55 bits per heavy atom. The van der Waals surface area contributed by atoms with Crippen LogP contribution in [0.15, 0.2) is 24.3 Å². The lowest BCUT2D eigenvalue weighted by Crippen LogP contribution is -2.41. The van der Waals surface area contributed by atoms with E-state index >= 15 is 0 Å². The third-order valence-electron chi connectivity index (χ3n) is 4.13. The number of aliphatic hydroxyl groups is 1. The average Bonchev–Trinajstić information content (AvgIpc) is 2.54. The minimum atomic E-state index is -1.16. The standard InChI is InChI=1S/C17H26N2O3/c1-13-5-4-9-19(12-13)10-8-18-17(21)16(20)14-6-3-7-15(11-14)22-2/h3,6-7,11,13,16,20H,4-5,8-10,12H2,1-2H3,(H,18,21). The lowest BCUT2D eigenvalue weighted by atomic mass is 10.0. The number of carbonyl (C=O) groups is 1. The fraction of sp³-hybridized carbons (Fsp3) is 0.588. The lowest BCUT2D eigenvalue weighted by Gasteiger charge is -2.30. The van der Waals surface area contributed by atoms with Crippen LogP contribution in [0, 0.1) is 5.92 Å². The Morgan fingerprint density at radius 2 is 2.36 bits per heavy atom. The van der Waals surface area contributed by atoms with Crippen molar-refractivity contribution in [3.05, 3.63) is 29.8 Å². The van der Waals surface area contributed by atoms with Crippen LogP contribution in [0.1, 0.15) is 31.4 Å². The SMILES string of the molecule is COc1cccc(C(O)C(=O)NCCN2CCCC(C)C2)c1. The maximum atomic E-state index is 12.0. The summed E-state index contributed by atoms with van der Waals surface area (Å²) in [6, 6.07) is 6.95. The van der Waals surface area contributed by atoms with Gasteiger partial charge in [0, 0.05) is 19.6 Å². The van der Waals surface area contributed by atoms with Gasteiger partial charge in [0.25, 0.3) is 5.91 Å². The van der Waals surface area contributed by atoms with Gasteiger partial charge in [-0.2, -0.15) is 0 Å². The zero-order valence-corrected chi connectivity index (χ0v) is 13.4. The molecular formula is C17H26N2O3. The lowest BCUT2D eigenvalue weighted by molar-refractivity contribution is -0.129. The topological polar surface area (TPSA) is 61.8 Å². The van der Waals surface area contributed by atoms with E-state index in [4.69, 9.17) is 4.74 Å². The Morgan fingerprint density at radius 3 is 3.09 bits per heavy atom. The van der Waals surface area contributed by atoms with E-state index in [0.29, 0.717) is 17.9 Å². The molecule has 5 heteroatoms. The number of amides is 1. The number of piperidine rings is 1. The first-order valence-electron chi connectivity index (χ1n) is 7.92. The minimum absolute atomic E-state index is 0.363. The molecular weight excluding hydrogens is 280 g/mol. The molecule has 0 aromatic heterocycles. The van der Waals surface area contributed by atoms with Gasteiger partial charge in [0.2, 0.25) is 0 Å². The second-order valence-electron chi connectivity index (χ2n) is 6.02. The van der Waals surface area contributed by atoms with Crippen LogP contribution in [-0.4, -0.2) is 49.2 Å². The zero-order chi connectivity index (χ0) is 15.9. The molecule has 1 saturated heterocycles. The summed E-state index contributed by atoms with van der Waals surface area (Å²) in [6.45, 7) is 5.84. The van der Waals surface area contributed by atoms with Crippen LogP contribution in [0.3, 0.4) is 0 Å². The summed E-state index contributed by atoms with van der Waals surface area (Å²) < 4.78 is 5.11. The summed E-state index contributed by atoms with van der Waals surface area (Å²) in [5.41, 5.74) is 0.545. The molecule has 1 heterocycles. The average molecular weight is 306 g/mol. The highest BCUT2D eigenvalue weighted by Gasteiger charge is 2.19. The van der Waals surface area contributed by atoms with Crippen molar-refractivity contribution in [2.24, 2.45) is 5.92 Å². The van der Waals surface area contributed by atoms with Crippen LogP contribution in [-0.2, 0) is 4.79 Å². The maximum absolute atomic E-state index is 12.0. The molecule has 0 spiro atoms. The highest BCUT2D eigenvalue weighted by molar-refractivity contribution is 5.82. The van der Waals surface area contributed by atoms with E-state index in [9.17, 15) is 9.90 Å². The third-order valence-corrected chi connectivity index (χ3v) is 4.13. The van der Waals surface area contributed by atoms with Crippen molar-refractivity contribution in [2.45, 2.75) is 25.9 Å². The molecule has 122 valence electrons. The number of nitrogens with zero attached hydrogens (tertiary/aromatic N) is 1. The van der Waals surface area contributed by atoms with E-state index < -0.39 is 6.10 Å². The van der Waals surface area contributed by atoms with Crippen LogP contribution in [0.5, 0.6) is 5.75 Å². The second-order valence-corrected chi connectivity index (χ2v) is 6.02. The molecule has 0 bridgehead atoms. The molecule has 0 radical (unpaired) electrons. The van der Waals surface area contributed by atoms with Crippen LogP contribution in [0.2, 0.25) is 0 Å². The van der Waals surface area contributed by atoms with E-state index in [-0.39, 0.29) is 5.91 Å². The molecule has 1 amide bonds. The van der Waals surface area contributed by atoms with Crippen LogP contribution in [0.25, 0.3) is 0 Å². The van der Waals surface area contributed by atoms with Crippen molar-refractivity contribution < 1.29 is 14.6 Å². The molecule has 22 heavy (non-hydrogen) atoms. The number of nitrogens with one attached hydrogen (secondary N) is 1. The number of methoxy groups -OCH3 is 1. The second kappa shape index (κ2) is 8.15. The number of rotatable bonds is 6. The fourth-order valence-electron chi connectivity index (χ4n) is 2.89. The van der Waals surface area contributed by atoms with Crippen molar-refractivity contribution in [1.29, 1.82) is 0 Å². The largest absolute Gasteiger partial charge is 0.497 e. The number of likely N-dealkylation sites (tertiary alicyclic amines) is 1. The monoisotopic (exact) mass is 306 g/mol. The molecule has 1 fully saturated rings. The molecule has 1 aromatic carbocycles. The Balaban J connectivity index is 1.78. The van der Waals surface area contributed by atoms with Crippen molar-refractivity contribution in [3.63, 3.8) is 0 Å². The molecule has 5 nitrogen and oxygen atoms in total. The van der Waals surface area contributed by atoms with Gasteiger partial charge in [-0.3, -0.25) is 4.79 Å². The minimum Gasteiger partial charge on any atom is -0.497 e. The van der Waals surface area contributed by atoms with Gasteiger partial charge in [0.1, 0.15) is 5.75 Å². The smallest absolute Gasteiger partial charge is 0.253 e. The van der Waals surface area contributed by atoms with Gasteiger partial charge in [-0.25, -0.2) is 0 Å². The number of aliphatic hydroxyl groups excluding tert-OH is 1. The predicted octanol–water partition coefficient (Wildman–Crippen LogP) is 1.58. The maximum Gasteiger partial charge on any atom is 0.253 e. The van der Waals surface area contributed by atoms with E-state index in [1.54, 1.807) is 31.4 Å². The quantitative estimate of drug-likeness (QED) is 0.837. The molecule has 1 aliphatic rings. The van der Waals surface area contributed by atoms with E-state index in [0.717, 1.165) is 25.6 Å². The molecule has 2 unspecified atom stereocenters. The van der Waals surface area contributed by atoms with Crippen LogP contribution >= 0.6 is 0 Å². The fourth-order valence-corrected chi connectivity index (χ4v) is 2.89. The van der Waals surface area contributed by atoms with Gasteiger partial charge < -0.3 is 20.1 Å². The van der Waals surface area contributed by atoms with Gasteiger partial charge in [0.15, 0.2) is 6.10 Å². The van der Waals surface area contributed by atoms with Gasteiger partial charge in [-0.15, -0.1) is 0 Å². The highest BCUT2D eigenvalue weighted by Crippen LogP contribution is 2.19. The normalized spacial score (nSPS) is 20.4. The molecule has 2 rings (SSSR count). The van der Waals surface area contributed by atoms with Crippen molar-refractivity contribution >= 4 is 5.91 Å². The van der Waals surface area contributed by atoms with E-state index in [2.05, 4.69) is 17.1 Å². The molecule has 2 atom stereocenters. The van der Waals surface area contributed by atoms with Crippen LogP contribution in [0.4, 0.5) is 0 Å². The van der Waals surface area contributed by atoms with Gasteiger partial charge in [0.05, 0.1) is 7.11 Å². The van der Waals surface area contributed by atoms with Crippen LogP contribution < -0.4 is 10.1 Å². The molecule has 1 aromatic rings. The Kier molecular flexibility index (Phi) is 6.21. The number of hydrogen-bond donors (Lipinski definition) is 2. The summed E-state index contributed by atoms with van der Waals surface area (Å²) in [4.78, 5) is 14.4. The predicted molar refractivity (Wildman–Crippen MR) is 85.8 cm³/mol. The van der Waals surface area contributed by atoms with E-state index in [1.807, 2.05) is 0 Å². The number of hydrogen-bond acceptors (Lipinski definition) is 4. The molecule has 0 aliphatic carbocycles. The Labute approximate surface area is 132 Å². The summed E-state index contributed by atoms with van der Waals surface area (Å²) in [5, 5.41) is 12.9. The molecule has 0 saturated carbocycles. The number of carbonyl (C=O) groups excluding carboxylic acids is 1. The summed E-state index contributed by atoms with van der Waals surface area (Å²) >= 11 is 0. The number of benzene rings is 1. The van der Waals surface area contributed by atoms with Gasteiger partial charge in [-0.1, -0.05) is 19.1 Å².